The van der Waals surface area contributed by atoms with Crippen molar-refractivity contribution in [2.45, 2.75) is 56.8 Å². The molecule has 4 heteroatoms. The number of nitrogens with one attached hydrogen (secondary N) is 2. The molecule has 2 aliphatic rings. The Balaban J connectivity index is 1.95. The highest BCUT2D eigenvalue weighted by molar-refractivity contribution is 4.99. The Morgan fingerprint density at radius 1 is 1.28 bits per heavy atom. The lowest BCUT2D eigenvalue weighted by Gasteiger charge is -2.47. The third-order valence-electron chi connectivity index (χ3n) is 4.55. The van der Waals surface area contributed by atoms with Gasteiger partial charge in [-0.25, -0.2) is 0 Å². The summed E-state index contributed by atoms with van der Waals surface area (Å²) in [5.41, 5.74) is 0.0283. The molecule has 2 N–H and O–H groups in total. The molecule has 0 radical (unpaired) electrons. The Labute approximate surface area is 111 Å². The molecule has 4 nitrogen and oxygen atoms in total. The maximum atomic E-state index is 6.17. The van der Waals surface area contributed by atoms with Gasteiger partial charge in [-0.15, -0.1) is 0 Å². The van der Waals surface area contributed by atoms with E-state index in [9.17, 15) is 0 Å². The van der Waals surface area contributed by atoms with Crippen LogP contribution in [0.1, 0.15) is 39.5 Å². The normalized spacial score (nSPS) is 28.5. The van der Waals surface area contributed by atoms with Crippen molar-refractivity contribution in [3.63, 3.8) is 0 Å². The topological polar surface area (TPSA) is 42.5 Å². The van der Waals surface area contributed by atoms with Crippen LogP contribution in [0.15, 0.2) is 0 Å². The van der Waals surface area contributed by atoms with Crippen LogP contribution < -0.4 is 10.6 Å². The van der Waals surface area contributed by atoms with Crippen LogP contribution >= 0.6 is 0 Å². The van der Waals surface area contributed by atoms with Crippen LogP contribution in [0.3, 0.4) is 0 Å². The van der Waals surface area contributed by atoms with Crippen LogP contribution in [0.25, 0.3) is 0 Å². The van der Waals surface area contributed by atoms with Gasteiger partial charge in [-0.05, 0) is 52.6 Å². The second kappa shape index (κ2) is 5.87. The van der Waals surface area contributed by atoms with Crippen LogP contribution in [-0.2, 0) is 9.47 Å². The van der Waals surface area contributed by atoms with Gasteiger partial charge in [0.1, 0.15) is 0 Å². The van der Waals surface area contributed by atoms with Crippen molar-refractivity contribution in [3.8, 4) is 0 Å². The van der Waals surface area contributed by atoms with E-state index in [1.165, 1.54) is 0 Å². The number of hydrogen-bond donors (Lipinski definition) is 2. The van der Waals surface area contributed by atoms with Crippen molar-refractivity contribution in [2.75, 3.05) is 33.4 Å². The highest BCUT2D eigenvalue weighted by Gasteiger charge is 2.43. The Morgan fingerprint density at radius 2 is 2.00 bits per heavy atom. The third-order valence-corrected chi connectivity index (χ3v) is 4.55. The van der Waals surface area contributed by atoms with E-state index in [1.54, 1.807) is 7.11 Å². The van der Waals surface area contributed by atoms with Gasteiger partial charge >= 0.3 is 0 Å². The number of piperidine rings is 1. The monoisotopic (exact) mass is 256 g/mol. The van der Waals surface area contributed by atoms with E-state index < -0.39 is 0 Å². The quantitative estimate of drug-likeness (QED) is 0.796. The standard InChI is InChI=1S/C14H28N2O2/c1-13(2,17-3)5-4-12-14(18-11-10-16-12)6-8-15-9-7-14/h12,15-16H,4-11H2,1-3H3. The maximum Gasteiger partial charge on any atom is 0.0859 e. The van der Waals surface area contributed by atoms with Gasteiger partial charge in [0.05, 0.1) is 17.8 Å². The molecule has 2 aliphatic heterocycles. The summed E-state index contributed by atoms with van der Waals surface area (Å²) < 4.78 is 11.7. The molecule has 1 unspecified atom stereocenters. The number of ether oxygens (including phenoxy) is 2. The first-order valence-corrected chi connectivity index (χ1v) is 7.21. The summed E-state index contributed by atoms with van der Waals surface area (Å²) in [6.45, 7) is 8.30. The predicted molar refractivity (Wildman–Crippen MR) is 72.9 cm³/mol. The first-order chi connectivity index (χ1) is 8.58. The Kier molecular flexibility index (Phi) is 4.64. The van der Waals surface area contributed by atoms with Crippen molar-refractivity contribution >= 4 is 0 Å². The van der Waals surface area contributed by atoms with E-state index >= 15 is 0 Å². The Hall–Kier alpha value is -0.160. The fourth-order valence-electron chi connectivity index (χ4n) is 3.08. The summed E-state index contributed by atoms with van der Waals surface area (Å²) in [6, 6.07) is 0.475. The third kappa shape index (κ3) is 3.23. The van der Waals surface area contributed by atoms with Gasteiger partial charge < -0.3 is 20.1 Å². The smallest absolute Gasteiger partial charge is 0.0859 e. The van der Waals surface area contributed by atoms with Gasteiger partial charge in [0, 0.05) is 19.7 Å². The highest BCUT2D eigenvalue weighted by Crippen LogP contribution is 2.33. The van der Waals surface area contributed by atoms with Gasteiger partial charge in [0.15, 0.2) is 0 Å². The van der Waals surface area contributed by atoms with E-state index in [0.29, 0.717) is 6.04 Å². The molecule has 2 fully saturated rings. The highest BCUT2D eigenvalue weighted by atomic mass is 16.5. The number of hydrogen-bond acceptors (Lipinski definition) is 4. The van der Waals surface area contributed by atoms with E-state index in [2.05, 4.69) is 24.5 Å². The minimum atomic E-state index is -0.0345. The lowest BCUT2D eigenvalue weighted by Crippen LogP contribution is -2.61. The molecule has 0 aliphatic carbocycles. The second-order valence-electron chi connectivity index (χ2n) is 6.17. The first-order valence-electron chi connectivity index (χ1n) is 7.21. The molecule has 2 saturated heterocycles. The largest absolute Gasteiger partial charge is 0.379 e. The fraction of sp³-hybridized carbons (Fsp3) is 1.00. The van der Waals surface area contributed by atoms with Crippen LogP contribution in [0.4, 0.5) is 0 Å². The maximum absolute atomic E-state index is 6.17. The van der Waals surface area contributed by atoms with Crippen molar-refractivity contribution < 1.29 is 9.47 Å². The number of methoxy groups -OCH3 is 1. The molecule has 0 aromatic rings. The number of rotatable bonds is 4. The Bertz CT molecular complexity index is 254. The van der Waals surface area contributed by atoms with Crippen LogP contribution in [-0.4, -0.2) is 50.6 Å². The van der Waals surface area contributed by atoms with E-state index in [4.69, 9.17) is 9.47 Å². The zero-order valence-corrected chi connectivity index (χ0v) is 12.1. The lowest BCUT2D eigenvalue weighted by atomic mass is 9.80. The molecule has 0 saturated carbocycles. The van der Waals surface area contributed by atoms with Crippen LogP contribution in [0.5, 0.6) is 0 Å². The summed E-state index contributed by atoms with van der Waals surface area (Å²) in [5.74, 6) is 0. The zero-order chi connectivity index (χ0) is 13.1. The molecule has 0 bridgehead atoms. The van der Waals surface area contributed by atoms with Crippen molar-refractivity contribution in [3.05, 3.63) is 0 Å². The molecule has 1 atom stereocenters. The summed E-state index contributed by atoms with van der Waals surface area (Å²) in [5, 5.41) is 7.10. The second-order valence-corrected chi connectivity index (χ2v) is 6.17. The molecule has 18 heavy (non-hydrogen) atoms. The van der Waals surface area contributed by atoms with Crippen LogP contribution in [0, 0.1) is 0 Å². The average Bonchev–Trinajstić information content (AvgIpc) is 2.39. The lowest BCUT2D eigenvalue weighted by molar-refractivity contribution is -0.119. The molecule has 2 heterocycles. The minimum absolute atomic E-state index is 0.0345. The van der Waals surface area contributed by atoms with Gasteiger partial charge in [-0.3, -0.25) is 0 Å². The molecule has 106 valence electrons. The zero-order valence-electron chi connectivity index (χ0n) is 12.1. The summed E-state index contributed by atoms with van der Waals surface area (Å²) >= 11 is 0. The predicted octanol–water partition coefficient (Wildman–Crippen LogP) is 1.30. The molecule has 1 spiro atoms. The van der Waals surface area contributed by atoms with Gasteiger partial charge in [-0.1, -0.05) is 0 Å². The molecular formula is C14H28N2O2. The molecule has 2 rings (SSSR count). The van der Waals surface area contributed by atoms with Crippen molar-refractivity contribution in [1.29, 1.82) is 0 Å². The van der Waals surface area contributed by atoms with E-state index in [0.717, 1.165) is 51.9 Å². The first kappa shape index (κ1) is 14.3. The molecular weight excluding hydrogens is 228 g/mol. The van der Waals surface area contributed by atoms with Crippen molar-refractivity contribution in [2.24, 2.45) is 0 Å². The Morgan fingerprint density at radius 3 is 2.67 bits per heavy atom. The molecule has 0 amide bonds. The van der Waals surface area contributed by atoms with Crippen molar-refractivity contribution in [1.82, 2.24) is 10.6 Å². The molecule has 0 aromatic heterocycles. The summed E-state index contributed by atoms with van der Waals surface area (Å²) in [6.07, 6.45) is 4.44. The SMILES string of the molecule is COC(C)(C)CCC1NCCOC12CCNCC2. The summed E-state index contributed by atoms with van der Waals surface area (Å²) in [4.78, 5) is 0. The van der Waals surface area contributed by atoms with Crippen LogP contribution in [0.2, 0.25) is 0 Å². The van der Waals surface area contributed by atoms with Gasteiger partial charge in [0.2, 0.25) is 0 Å². The number of morpholine rings is 1. The molecule has 0 aromatic carbocycles. The van der Waals surface area contributed by atoms with Gasteiger partial charge in [0.25, 0.3) is 0 Å². The summed E-state index contributed by atoms with van der Waals surface area (Å²) in [7, 11) is 1.80. The van der Waals surface area contributed by atoms with Gasteiger partial charge in [-0.2, -0.15) is 0 Å². The fourth-order valence-corrected chi connectivity index (χ4v) is 3.08. The van der Waals surface area contributed by atoms with E-state index in [-0.39, 0.29) is 11.2 Å². The van der Waals surface area contributed by atoms with E-state index in [1.807, 2.05) is 0 Å². The minimum Gasteiger partial charge on any atom is -0.379 e. The average molecular weight is 256 g/mol.